The van der Waals surface area contributed by atoms with Crippen LogP contribution in [0, 0.1) is 0 Å². The highest BCUT2D eigenvalue weighted by atomic mass is 16.4. The normalized spacial score (nSPS) is 10.7. The van der Waals surface area contributed by atoms with Crippen molar-refractivity contribution in [2.24, 2.45) is 0 Å². The predicted molar refractivity (Wildman–Crippen MR) is 77.4 cm³/mol. The Kier molecular flexibility index (Phi) is 6.43. The molecule has 1 aromatic heterocycles. The second kappa shape index (κ2) is 8.09. The summed E-state index contributed by atoms with van der Waals surface area (Å²) in [5.74, 6) is -1.09. The zero-order chi connectivity index (χ0) is 15.0. The number of carbonyl (C=O) groups is 2. The third-order valence-electron chi connectivity index (χ3n) is 2.70. The molecule has 0 atom stereocenters. The summed E-state index contributed by atoms with van der Waals surface area (Å²) in [7, 11) is 0. The maximum absolute atomic E-state index is 12.4. The molecule has 0 bridgehead atoms. The van der Waals surface area contributed by atoms with Crippen LogP contribution >= 0.6 is 0 Å². The maximum atomic E-state index is 12.4. The number of carbonyl (C=O) groups excluding carboxylic acids is 1. The van der Waals surface area contributed by atoms with Gasteiger partial charge in [-0.25, -0.2) is 4.79 Å². The minimum Gasteiger partial charge on any atom is -0.478 e. The highest BCUT2D eigenvalue weighted by Gasteiger charge is 2.14. The van der Waals surface area contributed by atoms with Crippen molar-refractivity contribution in [3.05, 3.63) is 35.7 Å². The minimum absolute atomic E-state index is 0.0632. The first kappa shape index (κ1) is 15.9. The molecule has 0 unspecified atom stereocenters. The number of rotatable bonds is 7. The third-order valence-corrected chi connectivity index (χ3v) is 2.70. The maximum Gasteiger partial charge on any atom is 0.328 e. The fourth-order valence-corrected chi connectivity index (χ4v) is 1.87. The van der Waals surface area contributed by atoms with Crippen LogP contribution in [0.5, 0.6) is 0 Å². The van der Waals surface area contributed by atoms with E-state index in [2.05, 4.69) is 4.98 Å². The van der Waals surface area contributed by atoms with Crippen LogP contribution in [0.3, 0.4) is 0 Å². The Balaban J connectivity index is 2.91. The average Bonchev–Trinajstić information content (AvgIpc) is 2.44. The Hall–Kier alpha value is -2.17. The molecule has 0 aromatic carbocycles. The lowest BCUT2D eigenvalue weighted by Gasteiger charge is -2.21. The van der Waals surface area contributed by atoms with Crippen molar-refractivity contribution in [3.8, 4) is 0 Å². The molecular weight excluding hydrogens is 256 g/mol. The average molecular weight is 276 g/mol. The Labute approximate surface area is 118 Å². The van der Waals surface area contributed by atoms with Crippen LogP contribution in [0.25, 0.3) is 6.08 Å². The van der Waals surface area contributed by atoms with E-state index >= 15 is 0 Å². The molecule has 5 nitrogen and oxygen atoms in total. The van der Waals surface area contributed by atoms with Crippen LogP contribution in [0.15, 0.2) is 24.5 Å². The third kappa shape index (κ3) is 4.84. The number of aliphatic carboxylic acids is 1. The summed E-state index contributed by atoms with van der Waals surface area (Å²) in [6, 6.07) is 1.66. The number of aromatic nitrogens is 1. The summed E-state index contributed by atoms with van der Waals surface area (Å²) in [6.45, 7) is 5.48. The molecular formula is C15H20N2O3. The Morgan fingerprint density at radius 3 is 2.45 bits per heavy atom. The van der Waals surface area contributed by atoms with Crippen molar-refractivity contribution in [2.45, 2.75) is 26.7 Å². The number of nitrogens with zero attached hydrogens (tertiary/aromatic N) is 2. The van der Waals surface area contributed by atoms with Gasteiger partial charge in [-0.15, -0.1) is 0 Å². The minimum atomic E-state index is -1.03. The van der Waals surface area contributed by atoms with Crippen molar-refractivity contribution in [2.75, 3.05) is 13.1 Å². The number of amides is 1. The van der Waals surface area contributed by atoms with Gasteiger partial charge in [0.1, 0.15) is 0 Å². The molecule has 0 aliphatic heterocycles. The van der Waals surface area contributed by atoms with Crippen molar-refractivity contribution in [1.29, 1.82) is 0 Å². The largest absolute Gasteiger partial charge is 0.478 e. The van der Waals surface area contributed by atoms with Crippen LogP contribution in [0.1, 0.15) is 42.6 Å². The summed E-state index contributed by atoms with van der Waals surface area (Å²) < 4.78 is 0. The number of pyridine rings is 1. The van der Waals surface area contributed by atoms with Gasteiger partial charge in [-0.1, -0.05) is 13.8 Å². The summed E-state index contributed by atoms with van der Waals surface area (Å²) in [5, 5.41) is 8.60. The number of hydrogen-bond acceptors (Lipinski definition) is 3. The standard InChI is InChI=1S/C15H20N2O3/c1-3-7-17(8-4-2)15(20)13-9-12(10-16-11-13)5-6-14(18)19/h5-6,9-11H,3-4,7-8H2,1-2H3,(H,18,19). The van der Waals surface area contributed by atoms with Crippen LogP contribution < -0.4 is 0 Å². The Morgan fingerprint density at radius 1 is 1.25 bits per heavy atom. The van der Waals surface area contributed by atoms with E-state index in [0.717, 1.165) is 18.9 Å². The van der Waals surface area contributed by atoms with Crippen molar-refractivity contribution < 1.29 is 14.7 Å². The molecule has 1 N–H and O–H groups in total. The topological polar surface area (TPSA) is 70.5 Å². The van der Waals surface area contributed by atoms with Gasteiger partial charge in [-0.3, -0.25) is 9.78 Å². The summed E-state index contributed by atoms with van der Waals surface area (Å²) >= 11 is 0. The highest BCUT2D eigenvalue weighted by molar-refractivity contribution is 5.94. The molecule has 20 heavy (non-hydrogen) atoms. The van der Waals surface area contributed by atoms with Gasteiger partial charge in [-0.05, 0) is 30.5 Å². The van der Waals surface area contributed by atoms with Gasteiger partial charge in [0.25, 0.3) is 5.91 Å². The van der Waals surface area contributed by atoms with Gasteiger partial charge in [0.2, 0.25) is 0 Å². The first-order valence-electron chi connectivity index (χ1n) is 6.73. The molecule has 5 heteroatoms. The van der Waals surface area contributed by atoms with E-state index in [1.807, 2.05) is 13.8 Å². The summed E-state index contributed by atoms with van der Waals surface area (Å²) in [5.41, 5.74) is 1.09. The fraction of sp³-hybridized carbons (Fsp3) is 0.400. The molecule has 0 spiro atoms. The molecule has 1 rings (SSSR count). The molecule has 0 fully saturated rings. The SMILES string of the molecule is CCCN(CCC)C(=O)c1cncc(C=CC(=O)O)c1. The van der Waals surface area contributed by atoms with Crippen molar-refractivity contribution >= 4 is 18.0 Å². The van der Waals surface area contributed by atoms with E-state index in [4.69, 9.17) is 5.11 Å². The van der Waals surface area contributed by atoms with Crippen molar-refractivity contribution in [3.63, 3.8) is 0 Å². The van der Waals surface area contributed by atoms with Crippen LogP contribution in [-0.4, -0.2) is 40.0 Å². The zero-order valence-corrected chi connectivity index (χ0v) is 11.9. The predicted octanol–water partition coefficient (Wildman–Crippen LogP) is 2.44. The quantitative estimate of drug-likeness (QED) is 0.776. The first-order chi connectivity index (χ1) is 9.58. The molecule has 1 amide bonds. The fourth-order valence-electron chi connectivity index (χ4n) is 1.87. The Morgan fingerprint density at radius 2 is 1.90 bits per heavy atom. The lowest BCUT2D eigenvalue weighted by atomic mass is 10.1. The van der Waals surface area contributed by atoms with E-state index in [-0.39, 0.29) is 5.91 Å². The second-order valence-corrected chi connectivity index (χ2v) is 4.47. The van der Waals surface area contributed by atoms with Crippen LogP contribution in [0.4, 0.5) is 0 Å². The Bertz CT molecular complexity index is 492. The first-order valence-corrected chi connectivity index (χ1v) is 6.73. The van der Waals surface area contributed by atoms with Gasteiger partial charge in [-0.2, -0.15) is 0 Å². The van der Waals surface area contributed by atoms with Crippen LogP contribution in [0.2, 0.25) is 0 Å². The summed E-state index contributed by atoms with van der Waals surface area (Å²) in [6.07, 6.45) is 7.30. The molecule has 0 saturated carbocycles. The van der Waals surface area contributed by atoms with E-state index in [9.17, 15) is 9.59 Å². The van der Waals surface area contributed by atoms with E-state index in [0.29, 0.717) is 24.2 Å². The summed E-state index contributed by atoms with van der Waals surface area (Å²) in [4.78, 5) is 28.6. The molecule has 108 valence electrons. The molecule has 1 heterocycles. The lowest BCUT2D eigenvalue weighted by molar-refractivity contribution is -0.131. The van der Waals surface area contributed by atoms with E-state index in [1.54, 1.807) is 11.0 Å². The number of carboxylic acid groups (broad SMARTS) is 1. The number of hydrogen-bond donors (Lipinski definition) is 1. The van der Waals surface area contributed by atoms with Crippen molar-refractivity contribution in [1.82, 2.24) is 9.88 Å². The van der Waals surface area contributed by atoms with E-state index in [1.165, 1.54) is 18.5 Å². The van der Waals surface area contributed by atoms with Gasteiger partial charge >= 0.3 is 5.97 Å². The zero-order valence-electron chi connectivity index (χ0n) is 11.9. The molecule has 1 aromatic rings. The lowest BCUT2D eigenvalue weighted by Crippen LogP contribution is -2.32. The van der Waals surface area contributed by atoms with Gasteiger partial charge < -0.3 is 10.0 Å². The molecule has 0 aliphatic rings. The van der Waals surface area contributed by atoms with Crippen LogP contribution in [-0.2, 0) is 4.79 Å². The molecule has 0 aliphatic carbocycles. The molecule has 0 saturated heterocycles. The van der Waals surface area contributed by atoms with E-state index < -0.39 is 5.97 Å². The monoisotopic (exact) mass is 276 g/mol. The number of carboxylic acids is 1. The highest BCUT2D eigenvalue weighted by Crippen LogP contribution is 2.09. The second-order valence-electron chi connectivity index (χ2n) is 4.47. The van der Waals surface area contributed by atoms with Gasteiger partial charge in [0, 0.05) is 31.6 Å². The molecule has 0 radical (unpaired) electrons. The van der Waals surface area contributed by atoms with Gasteiger partial charge in [0.05, 0.1) is 5.56 Å². The smallest absolute Gasteiger partial charge is 0.328 e. The van der Waals surface area contributed by atoms with Gasteiger partial charge in [0.15, 0.2) is 0 Å².